The van der Waals surface area contributed by atoms with Crippen LogP contribution in [0.1, 0.15) is 19.8 Å². The van der Waals surface area contributed by atoms with Gasteiger partial charge in [0.05, 0.1) is 0 Å². The minimum atomic E-state index is -6.20. The first-order valence-electron chi connectivity index (χ1n) is 5.59. The summed E-state index contributed by atoms with van der Waals surface area (Å²) >= 11 is 1.22. The highest BCUT2D eigenvalue weighted by atomic mass is 32.2. The summed E-state index contributed by atoms with van der Waals surface area (Å²) in [5.74, 6) is -2.05. The molecule has 0 aromatic heterocycles. The number of halogens is 6. The molecule has 0 aliphatic carbocycles. The van der Waals surface area contributed by atoms with Crippen molar-refractivity contribution >= 4 is 17.7 Å². The highest BCUT2D eigenvalue weighted by molar-refractivity contribution is 7.99. The first-order chi connectivity index (χ1) is 8.98. The highest BCUT2D eigenvalue weighted by Crippen LogP contribution is 2.43. The van der Waals surface area contributed by atoms with Crippen molar-refractivity contribution in [1.82, 2.24) is 0 Å². The zero-order valence-corrected chi connectivity index (χ0v) is 11.3. The molecular formula is C10H14F6O3S. The number of unbranched alkanes of at least 4 members (excludes halogenated alkanes) is 1. The molecule has 0 radical (unpaired) electrons. The Labute approximate surface area is 115 Å². The Morgan fingerprint density at radius 2 is 1.60 bits per heavy atom. The molecule has 0 aliphatic rings. The third-order valence-corrected chi connectivity index (χ3v) is 3.25. The molecule has 0 heterocycles. The van der Waals surface area contributed by atoms with E-state index in [9.17, 15) is 31.1 Å². The average molecular weight is 328 g/mol. The largest absolute Gasteiger partial charge is 0.462 e. The topological polar surface area (TPSA) is 46.5 Å². The third kappa shape index (κ3) is 4.72. The molecule has 3 nitrogen and oxygen atoms in total. The van der Waals surface area contributed by atoms with Gasteiger partial charge in [0.25, 0.3) is 0 Å². The predicted octanol–water partition coefficient (Wildman–Crippen LogP) is 2.92. The van der Waals surface area contributed by atoms with E-state index in [-0.39, 0.29) is 5.75 Å². The van der Waals surface area contributed by atoms with Gasteiger partial charge in [-0.25, -0.2) is 4.79 Å². The monoisotopic (exact) mass is 328 g/mol. The van der Waals surface area contributed by atoms with E-state index >= 15 is 0 Å². The van der Waals surface area contributed by atoms with E-state index in [1.165, 1.54) is 11.8 Å². The fourth-order valence-corrected chi connectivity index (χ4v) is 1.94. The standard InChI is InChI=1S/C10H14F6O3S/c1-2-3-5-20-6-4-19-7(17)8(18,9(11,12)13)10(14,15)16/h18H,2-6H2,1H3. The maximum Gasteiger partial charge on any atom is 0.437 e. The lowest BCUT2D eigenvalue weighted by atomic mass is 10.0. The summed E-state index contributed by atoms with van der Waals surface area (Å²) in [4.78, 5) is 10.9. The molecule has 0 amide bonds. The molecule has 0 atom stereocenters. The number of aliphatic hydroxyl groups is 1. The highest BCUT2D eigenvalue weighted by Gasteiger charge is 2.76. The van der Waals surface area contributed by atoms with Crippen molar-refractivity contribution in [2.24, 2.45) is 0 Å². The molecule has 0 saturated heterocycles. The van der Waals surface area contributed by atoms with Gasteiger partial charge in [-0.3, -0.25) is 0 Å². The van der Waals surface area contributed by atoms with E-state index in [1.54, 1.807) is 0 Å². The lowest BCUT2D eigenvalue weighted by Gasteiger charge is -2.29. The van der Waals surface area contributed by atoms with Crippen LogP contribution < -0.4 is 0 Å². The van der Waals surface area contributed by atoms with E-state index in [4.69, 9.17) is 5.11 Å². The molecule has 1 N–H and O–H groups in total. The van der Waals surface area contributed by atoms with E-state index in [1.807, 2.05) is 6.92 Å². The van der Waals surface area contributed by atoms with Crippen LogP contribution in [0.3, 0.4) is 0 Å². The van der Waals surface area contributed by atoms with Crippen LogP contribution in [0.4, 0.5) is 26.3 Å². The van der Waals surface area contributed by atoms with Gasteiger partial charge < -0.3 is 9.84 Å². The van der Waals surface area contributed by atoms with E-state index < -0.39 is 30.5 Å². The Morgan fingerprint density at radius 1 is 1.10 bits per heavy atom. The SMILES string of the molecule is CCCCSCCOC(=O)C(O)(C(F)(F)F)C(F)(F)F. The summed E-state index contributed by atoms with van der Waals surface area (Å²) in [5, 5.41) is 8.66. The van der Waals surface area contributed by atoms with Crippen molar-refractivity contribution < 1.29 is 41.0 Å². The van der Waals surface area contributed by atoms with Crippen molar-refractivity contribution in [3.63, 3.8) is 0 Å². The number of hydrogen-bond donors (Lipinski definition) is 1. The van der Waals surface area contributed by atoms with Crippen molar-refractivity contribution in [2.75, 3.05) is 18.1 Å². The predicted molar refractivity (Wildman–Crippen MR) is 60.3 cm³/mol. The van der Waals surface area contributed by atoms with Crippen LogP contribution in [0.2, 0.25) is 0 Å². The second kappa shape index (κ2) is 7.39. The molecule has 20 heavy (non-hydrogen) atoms. The lowest BCUT2D eigenvalue weighted by Crippen LogP contribution is -2.63. The number of thioether (sulfide) groups is 1. The Kier molecular flexibility index (Phi) is 7.16. The normalized spacial score (nSPS) is 13.4. The van der Waals surface area contributed by atoms with Crippen molar-refractivity contribution in [2.45, 2.75) is 37.7 Å². The van der Waals surface area contributed by atoms with Crippen LogP contribution in [0, 0.1) is 0 Å². The number of carbonyl (C=O) groups is 1. The van der Waals surface area contributed by atoms with Crippen molar-refractivity contribution in [1.29, 1.82) is 0 Å². The molecule has 0 saturated carbocycles. The van der Waals surface area contributed by atoms with Crippen LogP contribution in [-0.4, -0.2) is 47.1 Å². The maximum absolute atomic E-state index is 12.3. The Morgan fingerprint density at radius 3 is 2.00 bits per heavy atom. The zero-order valence-electron chi connectivity index (χ0n) is 10.5. The summed E-state index contributed by atoms with van der Waals surface area (Å²) in [7, 11) is 0. The number of alkyl halides is 6. The third-order valence-electron chi connectivity index (χ3n) is 2.22. The van der Waals surface area contributed by atoms with Crippen molar-refractivity contribution in [3.05, 3.63) is 0 Å². The Hall–Kier alpha value is -0.640. The second-order valence-corrected chi connectivity index (χ2v) is 5.03. The molecule has 120 valence electrons. The summed E-state index contributed by atoms with van der Waals surface area (Å²) in [5.41, 5.74) is -5.49. The Balaban J connectivity index is 4.54. The number of hydrogen-bond acceptors (Lipinski definition) is 4. The van der Waals surface area contributed by atoms with Gasteiger partial charge in [-0.2, -0.15) is 38.1 Å². The van der Waals surface area contributed by atoms with Gasteiger partial charge in [0.15, 0.2) is 0 Å². The summed E-state index contributed by atoms with van der Waals surface area (Å²) < 4.78 is 77.4. The fourth-order valence-electron chi connectivity index (χ4n) is 1.04. The molecule has 0 aliphatic heterocycles. The molecule has 0 fully saturated rings. The number of ether oxygens (including phenoxy) is 1. The van der Waals surface area contributed by atoms with Gasteiger partial charge in [-0.15, -0.1) is 0 Å². The molecular weight excluding hydrogens is 314 g/mol. The van der Waals surface area contributed by atoms with Gasteiger partial charge >= 0.3 is 23.9 Å². The van der Waals surface area contributed by atoms with E-state index in [0.717, 1.165) is 12.8 Å². The van der Waals surface area contributed by atoms with Gasteiger partial charge in [-0.05, 0) is 12.2 Å². The average Bonchev–Trinajstić information content (AvgIpc) is 2.29. The van der Waals surface area contributed by atoms with Crippen LogP contribution in [-0.2, 0) is 9.53 Å². The molecule has 0 aromatic carbocycles. The fraction of sp³-hybridized carbons (Fsp3) is 0.900. The molecule has 0 rings (SSSR count). The van der Waals surface area contributed by atoms with Gasteiger partial charge in [0, 0.05) is 5.75 Å². The molecule has 0 aromatic rings. The van der Waals surface area contributed by atoms with Gasteiger partial charge in [0.1, 0.15) is 6.61 Å². The first-order valence-corrected chi connectivity index (χ1v) is 6.74. The number of rotatable bonds is 7. The summed E-state index contributed by atoms with van der Waals surface area (Å²) in [6.07, 6.45) is -10.7. The first kappa shape index (κ1) is 19.4. The molecule has 0 spiro atoms. The molecule has 10 heteroatoms. The van der Waals surface area contributed by atoms with Crippen molar-refractivity contribution in [3.8, 4) is 0 Å². The van der Waals surface area contributed by atoms with Crippen LogP contribution in [0.25, 0.3) is 0 Å². The Bertz CT molecular complexity index is 301. The van der Waals surface area contributed by atoms with E-state index in [2.05, 4.69) is 4.74 Å². The summed E-state index contributed by atoms with van der Waals surface area (Å²) in [6.45, 7) is 1.27. The minimum absolute atomic E-state index is 0.0531. The molecule has 0 unspecified atom stereocenters. The minimum Gasteiger partial charge on any atom is -0.462 e. The quantitative estimate of drug-likeness (QED) is 0.443. The zero-order chi connectivity index (χ0) is 16.0. The van der Waals surface area contributed by atoms with Crippen LogP contribution in [0.5, 0.6) is 0 Å². The smallest absolute Gasteiger partial charge is 0.437 e. The van der Waals surface area contributed by atoms with Crippen LogP contribution >= 0.6 is 11.8 Å². The van der Waals surface area contributed by atoms with Gasteiger partial charge in [0.2, 0.25) is 0 Å². The van der Waals surface area contributed by atoms with Crippen LogP contribution in [0.15, 0.2) is 0 Å². The lowest BCUT2D eigenvalue weighted by molar-refractivity contribution is -0.356. The maximum atomic E-state index is 12.3. The van der Waals surface area contributed by atoms with Gasteiger partial charge in [-0.1, -0.05) is 13.3 Å². The molecule has 0 bridgehead atoms. The summed E-state index contributed by atoms with van der Waals surface area (Å²) in [6, 6.07) is 0. The van der Waals surface area contributed by atoms with E-state index in [0.29, 0.717) is 5.75 Å². The number of esters is 1. The number of carbonyl (C=O) groups excluding carboxylic acids is 1. The second-order valence-electron chi connectivity index (χ2n) is 3.81.